The summed E-state index contributed by atoms with van der Waals surface area (Å²) >= 11 is 0. The molecule has 4 heteroatoms. The van der Waals surface area contributed by atoms with Crippen molar-refractivity contribution in [1.82, 2.24) is 4.90 Å². The van der Waals surface area contributed by atoms with Gasteiger partial charge in [0, 0.05) is 0 Å². The Morgan fingerprint density at radius 1 is 1.73 bits per heavy atom. The molecule has 64 valence electrons. The number of β-amino-alcohol motifs (C(OH)–C–C–N with tert-alkyl or cyclic N) is 1. The quantitative estimate of drug-likeness (QED) is 0.510. The van der Waals surface area contributed by atoms with E-state index >= 15 is 0 Å². The second-order valence-electron chi connectivity index (χ2n) is 3.48. The lowest BCUT2D eigenvalue weighted by Crippen LogP contribution is -2.64. The van der Waals surface area contributed by atoms with Crippen LogP contribution in [0.4, 0.5) is 0 Å². The standard InChI is InChI=1S/C7H14N2O2/c1-5(8)6(10)9-3-7(2,11)4-9/h5,11H,3-4,8H2,1-2H3/t5-/m0/s1. The van der Waals surface area contributed by atoms with E-state index in [0.29, 0.717) is 13.1 Å². The third-order valence-electron chi connectivity index (χ3n) is 1.76. The molecule has 1 aliphatic rings. The van der Waals surface area contributed by atoms with E-state index < -0.39 is 11.6 Å². The molecule has 0 aromatic carbocycles. The van der Waals surface area contributed by atoms with E-state index in [0.717, 1.165) is 0 Å². The fourth-order valence-electron chi connectivity index (χ4n) is 1.22. The zero-order valence-electron chi connectivity index (χ0n) is 6.87. The minimum absolute atomic E-state index is 0.0866. The summed E-state index contributed by atoms with van der Waals surface area (Å²) in [7, 11) is 0. The monoisotopic (exact) mass is 158 g/mol. The summed E-state index contributed by atoms with van der Waals surface area (Å²) in [4.78, 5) is 12.7. The third kappa shape index (κ3) is 1.70. The molecule has 1 fully saturated rings. The molecule has 0 unspecified atom stereocenters. The molecule has 0 aliphatic carbocycles. The average molecular weight is 158 g/mol. The van der Waals surface area contributed by atoms with Crippen molar-refractivity contribution >= 4 is 5.91 Å². The van der Waals surface area contributed by atoms with Gasteiger partial charge in [-0.15, -0.1) is 0 Å². The van der Waals surface area contributed by atoms with Crippen molar-refractivity contribution in [2.45, 2.75) is 25.5 Å². The van der Waals surface area contributed by atoms with Crippen molar-refractivity contribution in [3.05, 3.63) is 0 Å². The Balaban J connectivity index is 2.38. The predicted molar refractivity (Wildman–Crippen MR) is 40.9 cm³/mol. The molecule has 0 radical (unpaired) electrons. The normalized spacial score (nSPS) is 24.2. The smallest absolute Gasteiger partial charge is 0.239 e. The number of likely N-dealkylation sites (tertiary alicyclic amines) is 1. The van der Waals surface area contributed by atoms with Gasteiger partial charge in [-0.2, -0.15) is 0 Å². The number of carbonyl (C=O) groups excluding carboxylic acids is 1. The van der Waals surface area contributed by atoms with Crippen LogP contribution in [0.1, 0.15) is 13.8 Å². The Bertz CT molecular complexity index is 169. The van der Waals surface area contributed by atoms with Crippen molar-refractivity contribution in [1.29, 1.82) is 0 Å². The zero-order valence-corrected chi connectivity index (χ0v) is 6.87. The fourth-order valence-corrected chi connectivity index (χ4v) is 1.22. The van der Waals surface area contributed by atoms with Crippen molar-refractivity contribution in [3.8, 4) is 0 Å². The Morgan fingerprint density at radius 3 is 2.45 bits per heavy atom. The van der Waals surface area contributed by atoms with Crippen molar-refractivity contribution in [2.24, 2.45) is 5.73 Å². The second-order valence-corrected chi connectivity index (χ2v) is 3.48. The molecule has 0 spiro atoms. The van der Waals surface area contributed by atoms with E-state index in [1.807, 2.05) is 0 Å². The van der Waals surface area contributed by atoms with Gasteiger partial charge in [0.2, 0.25) is 5.91 Å². The Labute approximate surface area is 66.0 Å². The molecule has 0 bridgehead atoms. The average Bonchev–Trinajstić information content (AvgIpc) is 1.80. The summed E-state index contributed by atoms with van der Waals surface area (Å²) in [6.07, 6.45) is 0. The van der Waals surface area contributed by atoms with Crippen LogP contribution in [0.25, 0.3) is 0 Å². The number of carbonyl (C=O) groups is 1. The van der Waals surface area contributed by atoms with Gasteiger partial charge >= 0.3 is 0 Å². The molecule has 0 saturated carbocycles. The first-order valence-electron chi connectivity index (χ1n) is 3.69. The van der Waals surface area contributed by atoms with Gasteiger partial charge in [0.15, 0.2) is 0 Å². The van der Waals surface area contributed by atoms with Gasteiger partial charge in [-0.1, -0.05) is 0 Å². The third-order valence-corrected chi connectivity index (χ3v) is 1.76. The molecule has 0 aromatic heterocycles. The first kappa shape index (κ1) is 8.49. The van der Waals surface area contributed by atoms with Gasteiger partial charge in [0.25, 0.3) is 0 Å². The number of aliphatic hydroxyl groups is 1. The van der Waals surface area contributed by atoms with Crippen LogP contribution in [-0.4, -0.2) is 40.6 Å². The highest BCUT2D eigenvalue weighted by atomic mass is 16.3. The first-order valence-corrected chi connectivity index (χ1v) is 3.69. The molecular weight excluding hydrogens is 144 g/mol. The number of hydrogen-bond acceptors (Lipinski definition) is 3. The Morgan fingerprint density at radius 2 is 2.18 bits per heavy atom. The molecule has 1 heterocycles. The molecule has 1 amide bonds. The van der Waals surface area contributed by atoms with Crippen LogP contribution < -0.4 is 5.73 Å². The van der Waals surface area contributed by atoms with Gasteiger partial charge in [-0.05, 0) is 13.8 Å². The lowest BCUT2D eigenvalue weighted by atomic mass is 9.96. The van der Waals surface area contributed by atoms with Gasteiger partial charge < -0.3 is 15.7 Å². The fraction of sp³-hybridized carbons (Fsp3) is 0.857. The summed E-state index contributed by atoms with van der Waals surface area (Å²) < 4.78 is 0. The lowest BCUT2D eigenvalue weighted by Gasteiger charge is -2.44. The van der Waals surface area contributed by atoms with Crippen LogP contribution >= 0.6 is 0 Å². The minimum atomic E-state index is -0.690. The van der Waals surface area contributed by atoms with Crippen LogP contribution in [0.5, 0.6) is 0 Å². The SMILES string of the molecule is C[C@H](N)C(=O)N1CC(C)(O)C1. The molecular formula is C7H14N2O2. The molecule has 11 heavy (non-hydrogen) atoms. The van der Waals surface area contributed by atoms with E-state index in [9.17, 15) is 9.90 Å². The number of nitrogens with two attached hydrogens (primary N) is 1. The van der Waals surface area contributed by atoms with Crippen LogP contribution in [0.3, 0.4) is 0 Å². The van der Waals surface area contributed by atoms with E-state index in [4.69, 9.17) is 5.73 Å². The van der Waals surface area contributed by atoms with E-state index in [-0.39, 0.29) is 5.91 Å². The van der Waals surface area contributed by atoms with Crippen LogP contribution in [0.2, 0.25) is 0 Å². The summed E-state index contributed by atoms with van der Waals surface area (Å²) in [6.45, 7) is 4.17. The molecule has 0 aromatic rings. The number of amides is 1. The topological polar surface area (TPSA) is 66.6 Å². The highest BCUT2D eigenvalue weighted by Gasteiger charge is 2.39. The lowest BCUT2D eigenvalue weighted by molar-refractivity contribution is -0.153. The maximum absolute atomic E-state index is 11.1. The van der Waals surface area contributed by atoms with Crippen LogP contribution in [0.15, 0.2) is 0 Å². The highest BCUT2D eigenvalue weighted by molar-refractivity contribution is 5.82. The van der Waals surface area contributed by atoms with Crippen LogP contribution in [0, 0.1) is 0 Å². The molecule has 4 nitrogen and oxygen atoms in total. The highest BCUT2D eigenvalue weighted by Crippen LogP contribution is 2.19. The largest absolute Gasteiger partial charge is 0.386 e. The van der Waals surface area contributed by atoms with Crippen molar-refractivity contribution in [3.63, 3.8) is 0 Å². The first-order chi connectivity index (χ1) is 4.92. The molecule has 1 saturated heterocycles. The summed E-state index contributed by atoms with van der Waals surface area (Å²) in [5.41, 5.74) is 4.67. The predicted octanol–water partition coefficient (Wildman–Crippen LogP) is -1.07. The zero-order chi connectivity index (χ0) is 8.65. The summed E-state index contributed by atoms with van der Waals surface area (Å²) in [5.74, 6) is -0.0866. The second kappa shape index (κ2) is 2.46. The molecule has 1 aliphatic heterocycles. The van der Waals surface area contributed by atoms with Gasteiger partial charge in [0.1, 0.15) is 0 Å². The summed E-state index contributed by atoms with van der Waals surface area (Å²) in [5, 5.41) is 9.28. The molecule has 3 N–H and O–H groups in total. The van der Waals surface area contributed by atoms with E-state index in [2.05, 4.69) is 0 Å². The number of hydrogen-bond donors (Lipinski definition) is 2. The van der Waals surface area contributed by atoms with Gasteiger partial charge in [-0.25, -0.2) is 0 Å². The van der Waals surface area contributed by atoms with Gasteiger partial charge in [-0.3, -0.25) is 4.79 Å². The summed E-state index contributed by atoms with van der Waals surface area (Å²) in [6, 6.07) is -0.453. The van der Waals surface area contributed by atoms with E-state index in [1.54, 1.807) is 18.7 Å². The Kier molecular flexibility index (Phi) is 1.90. The van der Waals surface area contributed by atoms with E-state index in [1.165, 1.54) is 0 Å². The Hall–Kier alpha value is -0.610. The van der Waals surface area contributed by atoms with Crippen molar-refractivity contribution < 1.29 is 9.90 Å². The number of rotatable bonds is 1. The number of nitrogens with zero attached hydrogens (tertiary/aromatic N) is 1. The van der Waals surface area contributed by atoms with Crippen molar-refractivity contribution in [2.75, 3.05) is 13.1 Å². The molecule has 1 rings (SSSR count). The van der Waals surface area contributed by atoms with Crippen LogP contribution in [-0.2, 0) is 4.79 Å². The van der Waals surface area contributed by atoms with Gasteiger partial charge in [0.05, 0.1) is 24.7 Å². The molecule has 1 atom stereocenters. The maximum Gasteiger partial charge on any atom is 0.239 e. The maximum atomic E-state index is 11.1. The minimum Gasteiger partial charge on any atom is -0.386 e.